The van der Waals surface area contributed by atoms with Gasteiger partial charge in [0.05, 0.1) is 11.0 Å². The van der Waals surface area contributed by atoms with Crippen LogP contribution in [0.1, 0.15) is 6.92 Å². The monoisotopic (exact) mass is 239 g/mol. The number of rotatable bonds is 7. The van der Waals surface area contributed by atoms with Gasteiger partial charge in [-0.1, -0.05) is 0 Å². The second-order valence-electron chi connectivity index (χ2n) is 3.78. The highest BCUT2D eigenvalue weighted by Crippen LogP contribution is 2.14. The number of aliphatic hydroxyl groups is 1. The van der Waals surface area contributed by atoms with Crippen LogP contribution in [0.2, 0.25) is 0 Å². The van der Waals surface area contributed by atoms with Crippen molar-refractivity contribution in [2.75, 3.05) is 25.0 Å². The molecule has 3 N–H and O–H groups in total. The Kier molecular flexibility index (Phi) is 5.38. The molecule has 0 fully saturated rings. The molecule has 0 aliphatic carbocycles. The first-order valence-corrected chi connectivity index (χ1v) is 5.46. The predicted octanol–water partition coefficient (Wildman–Crippen LogP) is 0.977. The van der Waals surface area contributed by atoms with Crippen LogP contribution < -0.4 is 10.6 Å². The summed E-state index contributed by atoms with van der Waals surface area (Å²) >= 11 is 0. The minimum atomic E-state index is -0.423. The third kappa shape index (κ3) is 5.28. The standard InChI is InChI=1S/C11H17N3O3/c1-9(15)8-12-6-7-13-10-2-4-11(5-3-10)14(16)17/h2-5,9,12-13,15H,6-8H2,1H3/t9-/m1/s1. The molecule has 17 heavy (non-hydrogen) atoms. The number of nitro groups is 1. The van der Waals surface area contributed by atoms with Gasteiger partial charge in [0.15, 0.2) is 0 Å². The molecule has 1 aromatic carbocycles. The number of non-ortho nitro benzene ring substituents is 1. The molecule has 0 amide bonds. The van der Waals surface area contributed by atoms with Crippen molar-refractivity contribution in [3.05, 3.63) is 34.4 Å². The van der Waals surface area contributed by atoms with Gasteiger partial charge in [-0.3, -0.25) is 10.1 Å². The molecule has 0 spiro atoms. The van der Waals surface area contributed by atoms with Crippen LogP contribution in [0.15, 0.2) is 24.3 Å². The maximum absolute atomic E-state index is 10.4. The molecule has 0 aromatic heterocycles. The molecule has 94 valence electrons. The Bertz CT molecular complexity index is 351. The fraction of sp³-hybridized carbons (Fsp3) is 0.455. The summed E-state index contributed by atoms with van der Waals surface area (Å²) in [5.41, 5.74) is 0.928. The highest BCUT2D eigenvalue weighted by molar-refractivity contribution is 5.48. The van der Waals surface area contributed by atoms with Gasteiger partial charge in [-0.2, -0.15) is 0 Å². The van der Waals surface area contributed by atoms with Crippen molar-refractivity contribution >= 4 is 11.4 Å². The fourth-order valence-corrected chi connectivity index (χ4v) is 1.31. The molecule has 1 aromatic rings. The Morgan fingerprint density at radius 2 is 2.00 bits per heavy atom. The van der Waals surface area contributed by atoms with E-state index < -0.39 is 4.92 Å². The Labute approximate surface area is 99.8 Å². The van der Waals surface area contributed by atoms with Crippen molar-refractivity contribution in [1.82, 2.24) is 5.32 Å². The number of aliphatic hydroxyl groups excluding tert-OH is 1. The molecular weight excluding hydrogens is 222 g/mol. The van der Waals surface area contributed by atoms with Gasteiger partial charge in [0.25, 0.3) is 5.69 Å². The quantitative estimate of drug-likeness (QED) is 0.375. The van der Waals surface area contributed by atoms with E-state index in [2.05, 4.69) is 10.6 Å². The van der Waals surface area contributed by atoms with Crippen LogP contribution in [0, 0.1) is 10.1 Å². The van der Waals surface area contributed by atoms with Crippen molar-refractivity contribution in [3.8, 4) is 0 Å². The Morgan fingerprint density at radius 3 is 2.53 bits per heavy atom. The fourth-order valence-electron chi connectivity index (χ4n) is 1.31. The summed E-state index contributed by atoms with van der Waals surface area (Å²) in [6.45, 7) is 3.70. The third-order valence-electron chi connectivity index (χ3n) is 2.15. The van der Waals surface area contributed by atoms with Crippen molar-refractivity contribution in [2.45, 2.75) is 13.0 Å². The summed E-state index contributed by atoms with van der Waals surface area (Å²) < 4.78 is 0. The number of benzene rings is 1. The van der Waals surface area contributed by atoms with E-state index in [-0.39, 0.29) is 11.8 Å². The van der Waals surface area contributed by atoms with E-state index in [4.69, 9.17) is 5.11 Å². The second kappa shape index (κ2) is 6.82. The van der Waals surface area contributed by atoms with E-state index in [9.17, 15) is 10.1 Å². The van der Waals surface area contributed by atoms with Crippen LogP contribution in [0.5, 0.6) is 0 Å². The minimum Gasteiger partial charge on any atom is -0.392 e. The van der Waals surface area contributed by atoms with Crippen molar-refractivity contribution in [3.63, 3.8) is 0 Å². The van der Waals surface area contributed by atoms with Crippen molar-refractivity contribution in [1.29, 1.82) is 0 Å². The van der Waals surface area contributed by atoms with E-state index in [1.165, 1.54) is 12.1 Å². The first-order valence-electron chi connectivity index (χ1n) is 5.46. The second-order valence-corrected chi connectivity index (χ2v) is 3.78. The maximum Gasteiger partial charge on any atom is 0.269 e. The molecule has 6 heteroatoms. The molecule has 0 heterocycles. The first kappa shape index (κ1) is 13.4. The molecule has 1 atom stereocenters. The lowest BCUT2D eigenvalue weighted by atomic mass is 10.3. The molecule has 6 nitrogen and oxygen atoms in total. The SMILES string of the molecule is C[C@@H](O)CNCCNc1ccc([N+](=O)[O-])cc1. The van der Waals surface area contributed by atoms with E-state index in [1.807, 2.05) is 0 Å². The van der Waals surface area contributed by atoms with Crippen molar-refractivity contribution < 1.29 is 10.0 Å². The minimum absolute atomic E-state index is 0.0859. The van der Waals surface area contributed by atoms with Gasteiger partial charge in [0.1, 0.15) is 0 Å². The van der Waals surface area contributed by atoms with E-state index in [0.717, 1.165) is 12.2 Å². The van der Waals surface area contributed by atoms with E-state index >= 15 is 0 Å². The molecule has 0 aliphatic heterocycles. The van der Waals surface area contributed by atoms with Crippen LogP contribution in [-0.4, -0.2) is 35.8 Å². The lowest BCUT2D eigenvalue weighted by Crippen LogP contribution is -2.28. The average Bonchev–Trinajstić information content (AvgIpc) is 2.29. The van der Waals surface area contributed by atoms with Crippen LogP contribution in [0.4, 0.5) is 11.4 Å². The number of nitrogens with one attached hydrogen (secondary N) is 2. The van der Waals surface area contributed by atoms with E-state index in [1.54, 1.807) is 19.1 Å². The van der Waals surface area contributed by atoms with Gasteiger partial charge < -0.3 is 15.7 Å². The molecule has 0 saturated heterocycles. The zero-order chi connectivity index (χ0) is 12.7. The normalized spacial score (nSPS) is 12.1. The third-order valence-corrected chi connectivity index (χ3v) is 2.15. The summed E-state index contributed by atoms with van der Waals surface area (Å²) in [5, 5.41) is 25.6. The summed E-state index contributed by atoms with van der Waals surface area (Å²) in [6.07, 6.45) is -0.352. The van der Waals surface area contributed by atoms with Gasteiger partial charge >= 0.3 is 0 Å². The Balaban J connectivity index is 2.25. The van der Waals surface area contributed by atoms with Crippen LogP contribution in [0.25, 0.3) is 0 Å². The maximum atomic E-state index is 10.4. The average molecular weight is 239 g/mol. The number of nitrogens with zero attached hydrogens (tertiary/aromatic N) is 1. The molecular formula is C11H17N3O3. The number of hydrogen-bond acceptors (Lipinski definition) is 5. The molecule has 0 bridgehead atoms. The molecule has 0 saturated carbocycles. The Hall–Kier alpha value is -1.66. The predicted molar refractivity (Wildman–Crippen MR) is 66.1 cm³/mol. The van der Waals surface area contributed by atoms with Gasteiger partial charge in [0, 0.05) is 37.5 Å². The van der Waals surface area contributed by atoms with Gasteiger partial charge in [-0.15, -0.1) is 0 Å². The van der Waals surface area contributed by atoms with Crippen LogP contribution in [0.3, 0.4) is 0 Å². The number of hydrogen-bond donors (Lipinski definition) is 3. The summed E-state index contributed by atoms with van der Waals surface area (Å²) in [5.74, 6) is 0. The summed E-state index contributed by atoms with van der Waals surface area (Å²) in [4.78, 5) is 10.0. The highest BCUT2D eigenvalue weighted by atomic mass is 16.6. The number of anilines is 1. The Morgan fingerprint density at radius 1 is 1.35 bits per heavy atom. The highest BCUT2D eigenvalue weighted by Gasteiger charge is 2.03. The zero-order valence-electron chi connectivity index (χ0n) is 9.72. The summed E-state index contributed by atoms with van der Waals surface area (Å²) in [7, 11) is 0. The van der Waals surface area contributed by atoms with Gasteiger partial charge in [-0.25, -0.2) is 0 Å². The van der Waals surface area contributed by atoms with Crippen LogP contribution in [-0.2, 0) is 0 Å². The zero-order valence-corrected chi connectivity index (χ0v) is 9.72. The largest absolute Gasteiger partial charge is 0.392 e. The number of nitro benzene ring substituents is 1. The topological polar surface area (TPSA) is 87.4 Å². The lowest BCUT2D eigenvalue weighted by molar-refractivity contribution is -0.384. The molecule has 0 unspecified atom stereocenters. The molecule has 0 aliphatic rings. The van der Waals surface area contributed by atoms with Crippen molar-refractivity contribution in [2.24, 2.45) is 0 Å². The first-order chi connectivity index (χ1) is 8.09. The smallest absolute Gasteiger partial charge is 0.269 e. The summed E-state index contributed by atoms with van der Waals surface area (Å²) in [6, 6.07) is 6.27. The molecule has 1 rings (SSSR count). The van der Waals surface area contributed by atoms with Gasteiger partial charge in [-0.05, 0) is 19.1 Å². The van der Waals surface area contributed by atoms with Gasteiger partial charge in [0.2, 0.25) is 0 Å². The van der Waals surface area contributed by atoms with Crippen LogP contribution >= 0.6 is 0 Å². The van der Waals surface area contributed by atoms with E-state index in [0.29, 0.717) is 13.1 Å². The lowest BCUT2D eigenvalue weighted by Gasteiger charge is -2.08. The molecule has 0 radical (unpaired) electrons.